The molecule has 0 saturated carbocycles. The second-order valence-corrected chi connectivity index (χ2v) is 8.78. The molecule has 1 unspecified atom stereocenters. The molecule has 0 aliphatic rings. The molecule has 0 aliphatic heterocycles. The summed E-state index contributed by atoms with van der Waals surface area (Å²) in [6, 6.07) is 0. The van der Waals surface area contributed by atoms with Crippen molar-refractivity contribution >= 4 is 11.9 Å². The van der Waals surface area contributed by atoms with E-state index in [4.69, 9.17) is 9.47 Å². The maximum absolute atomic E-state index is 12.5. The Morgan fingerprint density at radius 2 is 1.44 bits per heavy atom. The molecule has 0 aromatic rings. The van der Waals surface area contributed by atoms with E-state index >= 15 is 0 Å². The monoisotopic (exact) mass is 357 g/mol. The van der Waals surface area contributed by atoms with Crippen LogP contribution >= 0.6 is 0 Å². The lowest BCUT2D eigenvalue weighted by atomic mass is 9.72. The van der Waals surface area contributed by atoms with Crippen LogP contribution in [0.4, 0.5) is 0 Å². The smallest absolute Gasteiger partial charge is 0.311 e. The Morgan fingerprint density at radius 1 is 0.880 bits per heavy atom. The molecular formula is C20H39NO4. The predicted molar refractivity (Wildman–Crippen MR) is 101 cm³/mol. The molecule has 1 N–H and O–H groups in total. The summed E-state index contributed by atoms with van der Waals surface area (Å²) >= 11 is 0. The minimum atomic E-state index is -0.740. The zero-order valence-electron chi connectivity index (χ0n) is 17.6. The van der Waals surface area contributed by atoms with Crippen LogP contribution in [-0.4, -0.2) is 37.2 Å². The summed E-state index contributed by atoms with van der Waals surface area (Å²) in [6.07, 6.45) is 2.88. The third kappa shape index (κ3) is 9.24. The fourth-order valence-corrected chi connectivity index (χ4v) is 2.64. The zero-order valence-corrected chi connectivity index (χ0v) is 17.6. The molecule has 0 saturated heterocycles. The van der Waals surface area contributed by atoms with Crippen LogP contribution in [0, 0.1) is 10.8 Å². The summed E-state index contributed by atoms with van der Waals surface area (Å²) in [4.78, 5) is 24.9. The molecule has 0 fully saturated rings. The van der Waals surface area contributed by atoms with Crippen LogP contribution < -0.4 is 5.32 Å². The highest BCUT2D eigenvalue weighted by Gasteiger charge is 2.42. The van der Waals surface area contributed by atoms with Gasteiger partial charge in [0, 0.05) is 12.1 Å². The lowest BCUT2D eigenvalue weighted by Crippen LogP contribution is -2.41. The lowest BCUT2D eigenvalue weighted by Gasteiger charge is -2.33. The van der Waals surface area contributed by atoms with E-state index in [9.17, 15) is 9.59 Å². The third-order valence-corrected chi connectivity index (χ3v) is 4.38. The van der Waals surface area contributed by atoms with Crippen LogP contribution in [0.15, 0.2) is 0 Å². The average molecular weight is 358 g/mol. The number of carbonyl (C=O) groups is 2. The normalized spacial score (nSPS) is 14.7. The van der Waals surface area contributed by atoms with Gasteiger partial charge in [0.05, 0.1) is 17.4 Å². The number of hydrogen-bond donors (Lipinski definition) is 1. The van der Waals surface area contributed by atoms with Gasteiger partial charge in [0.15, 0.2) is 0 Å². The van der Waals surface area contributed by atoms with Gasteiger partial charge in [-0.1, -0.05) is 20.3 Å². The van der Waals surface area contributed by atoms with E-state index in [2.05, 4.69) is 33.0 Å². The van der Waals surface area contributed by atoms with E-state index in [0.717, 1.165) is 12.8 Å². The summed E-state index contributed by atoms with van der Waals surface area (Å²) in [7, 11) is 0. The molecule has 5 nitrogen and oxygen atoms in total. The average Bonchev–Trinajstić information content (AvgIpc) is 2.49. The van der Waals surface area contributed by atoms with Crippen molar-refractivity contribution in [2.75, 3.05) is 19.8 Å². The SMILES string of the molecule is CCCCOC(=O)C(C)(CC)CC(C)(C)C(=O)OCCNC(C)(C)C. The summed E-state index contributed by atoms with van der Waals surface area (Å²) in [5, 5.41) is 3.28. The summed E-state index contributed by atoms with van der Waals surface area (Å²) in [5.41, 5.74) is -1.43. The van der Waals surface area contributed by atoms with Crippen molar-refractivity contribution in [3.8, 4) is 0 Å². The van der Waals surface area contributed by atoms with Gasteiger partial charge in [-0.15, -0.1) is 0 Å². The molecule has 148 valence electrons. The van der Waals surface area contributed by atoms with Gasteiger partial charge in [-0.05, 0) is 60.8 Å². The largest absolute Gasteiger partial charge is 0.465 e. The minimum absolute atomic E-state index is 0.00897. The van der Waals surface area contributed by atoms with Gasteiger partial charge in [0.1, 0.15) is 6.61 Å². The lowest BCUT2D eigenvalue weighted by molar-refractivity contribution is -0.163. The fourth-order valence-electron chi connectivity index (χ4n) is 2.64. The summed E-state index contributed by atoms with van der Waals surface area (Å²) < 4.78 is 10.8. The Hall–Kier alpha value is -1.10. The maximum atomic E-state index is 12.5. The van der Waals surface area contributed by atoms with Gasteiger partial charge in [-0.3, -0.25) is 9.59 Å². The number of hydrogen-bond acceptors (Lipinski definition) is 5. The van der Waals surface area contributed by atoms with E-state index in [-0.39, 0.29) is 17.5 Å². The molecule has 1 atom stereocenters. The number of rotatable bonds is 11. The van der Waals surface area contributed by atoms with Crippen LogP contribution in [0.25, 0.3) is 0 Å². The molecule has 0 aliphatic carbocycles. The van der Waals surface area contributed by atoms with Crippen LogP contribution in [0.1, 0.15) is 81.1 Å². The second-order valence-electron chi connectivity index (χ2n) is 8.78. The van der Waals surface area contributed by atoms with E-state index in [1.807, 2.05) is 27.7 Å². The van der Waals surface area contributed by atoms with Crippen LogP contribution in [0.5, 0.6) is 0 Å². The Labute approximate surface area is 154 Å². The predicted octanol–water partition coefficient (Wildman–Crippen LogP) is 4.09. The van der Waals surface area contributed by atoms with Gasteiger partial charge in [-0.25, -0.2) is 0 Å². The fraction of sp³-hybridized carbons (Fsp3) is 0.900. The summed E-state index contributed by atoms with van der Waals surface area (Å²) in [6.45, 7) is 17.1. The van der Waals surface area contributed by atoms with Crippen molar-refractivity contribution in [3.05, 3.63) is 0 Å². The van der Waals surface area contributed by atoms with Crippen molar-refractivity contribution in [2.45, 2.75) is 86.6 Å². The first kappa shape index (κ1) is 23.9. The number of esters is 2. The number of carbonyl (C=O) groups excluding carboxylic acids is 2. The molecular weight excluding hydrogens is 318 g/mol. The minimum Gasteiger partial charge on any atom is -0.465 e. The first-order valence-electron chi connectivity index (χ1n) is 9.47. The molecule has 0 aromatic heterocycles. The van der Waals surface area contributed by atoms with Crippen molar-refractivity contribution in [1.82, 2.24) is 5.32 Å². The van der Waals surface area contributed by atoms with Crippen molar-refractivity contribution in [1.29, 1.82) is 0 Å². The molecule has 0 radical (unpaired) electrons. The molecule has 0 spiro atoms. The quantitative estimate of drug-likeness (QED) is 0.445. The number of nitrogens with one attached hydrogen (secondary N) is 1. The highest BCUT2D eigenvalue weighted by Crippen LogP contribution is 2.38. The Kier molecular flexibility index (Phi) is 9.70. The Bertz CT molecular complexity index is 426. The van der Waals surface area contributed by atoms with Gasteiger partial charge < -0.3 is 14.8 Å². The Morgan fingerprint density at radius 3 is 1.92 bits per heavy atom. The van der Waals surface area contributed by atoms with Gasteiger partial charge in [0.25, 0.3) is 0 Å². The molecule has 0 aromatic carbocycles. The Balaban J connectivity index is 4.65. The van der Waals surface area contributed by atoms with Crippen LogP contribution in [-0.2, 0) is 19.1 Å². The molecule has 25 heavy (non-hydrogen) atoms. The van der Waals surface area contributed by atoms with Gasteiger partial charge in [0.2, 0.25) is 0 Å². The molecule has 5 heteroatoms. The number of unbranched alkanes of at least 4 members (excludes halogenated alkanes) is 1. The maximum Gasteiger partial charge on any atom is 0.311 e. The molecule has 0 amide bonds. The van der Waals surface area contributed by atoms with E-state index in [0.29, 0.717) is 32.6 Å². The second kappa shape index (κ2) is 10.1. The molecule has 0 heterocycles. The van der Waals surface area contributed by atoms with E-state index in [1.165, 1.54) is 0 Å². The highest BCUT2D eigenvalue weighted by molar-refractivity contribution is 5.80. The van der Waals surface area contributed by atoms with E-state index < -0.39 is 10.8 Å². The van der Waals surface area contributed by atoms with E-state index in [1.54, 1.807) is 0 Å². The van der Waals surface area contributed by atoms with Crippen LogP contribution in [0.2, 0.25) is 0 Å². The van der Waals surface area contributed by atoms with Crippen molar-refractivity contribution in [2.24, 2.45) is 10.8 Å². The zero-order chi connectivity index (χ0) is 19.7. The van der Waals surface area contributed by atoms with Crippen molar-refractivity contribution in [3.63, 3.8) is 0 Å². The molecule has 0 rings (SSSR count). The number of ether oxygens (including phenoxy) is 2. The topological polar surface area (TPSA) is 64.6 Å². The highest BCUT2D eigenvalue weighted by atomic mass is 16.5. The third-order valence-electron chi connectivity index (χ3n) is 4.38. The first-order chi connectivity index (χ1) is 11.4. The molecule has 0 bridgehead atoms. The van der Waals surface area contributed by atoms with Crippen molar-refractivity contribution < 1.29 is 19.1 Å². The standard InChI is InChI=1S/C20H39NO4/c1-9-11-13-24-17(23)20(8,10-2)15-19(6,7)16(22)25-14-12-21-18(3,4)5/h21H,9-15H2,1-8H3. The summed E-state index contributed by atoms with van der Waals surface area (Å²) in [5.74, 6) is -0.497. The van der Waals surface area contributed by atoms with Gasteiger partial charge in [-0.2, -0.15) is 0 Å². The first-order valence-corrected chi connectivity index (χ1v) is 9.47. The van der Waals surface area contributed by atoms with Gasteiger partial charge >= 0.3 is 11.9 Å². The van der Waals surface area contributed by atoms with Crippen LogP contribution in [0.3, 0.4) is 0 Å².